The maximum Gasteiger partial charge on any atom is 0.321 e. The third-order valence-corrected chi connectivity index (χ3v) is 5.26. The molecule has 0 aromatic heterocycles. The lowest BCUT2D eigenvalue weighted by Crippen LogP contribution is -2.54. The Kier molecular flexibility index (Phi) is 6.39. The summed E-state index contributed by atoms with van der Waals surface area (Å²) in [5.41, 5.74) is -0.128. The normalized spacial score (nSPS) is 20.3. The SMILES string of the molecule is O=C(Nc1cc(F)ccc1F)N1CCC(N2CCN(CCO)CC2)CC1. The van der Waals surface area contributed by atoms with Crippen LogP contribution >= 0.6 is 0 Å². The number of halogens is 2. The molecule has 26 heavy (non-hydrogen) atoms. The Bertz CT molecular complexity index is 615. The fourth-order valence-corrected chi connectivity index (χ4v) is 3.72. The van der Waals surface area contributed by atoms with Crippen molar-refractivity contribution in [2.24, 2.45) is 0 Å². The van der Waals surface area contributed by atoms with E-state index in [2.05, 4.69) is 15.1 Å². The third-order valence-electron chi connectivity index (χ3n) is 5.26. The first-order chi connectivity index (χ1) is 12.6. The summed E-state index contributed by atoms with van der Waals surface area (Å²) in [7, 11) is 0. The number of hydrogen-bond donors (Lipinski definition) is 2. The minimum absolute atomic E-state index is 0.128. The number of aliphatic hydroxyl groups is 1. The largest absolute Gasteiger partial charge is 0.395 e. The molecule has 2 saturated heterocycles. The number of carbonyl (C=O) groups is 1. The van der Waals surface area contributed by atoms with Crippen molar-refractivity contribution < 1.29 is 18.7 Å². The van der Waals surface area contributed by atoms with Gasteiger partial charge in [0.2, 0.25) is 0 Å². The molecule has 3 rings (SSSR count). The molecule has 0 spiro atoms. The number of anilines is 1. The summed E-state index contributed by atoms with van der Waals surface area (Å²) >= 11 is 0. The second-order valence-corrected chi connectivity index (χ2v) is 6.87. The molecule has 0 radical (unpaired) electrons. The zero-order valence-corrected chi connectivity index (χ0v) is 14.8. The molecule has 144 valence electrons. The van der Waals surface area contributed by atoms with E-state index in [0.29, 0.717) is 19.1 Å². The minimum atomic E-state index is -0.643. The number of hydrogen-bond acceptors (Lipinski definition) is 4. The van der Waals surface area contributed by atoms with Gasteiger partial charge in [-0.15, -0.1) is 0 Å². The van der Waals surface area contributed by atoms with E-state index in [1.54, 1.807) is 4.90 Å². The topological polar surface area (TPSA) is 59.1 Å². The predicted octanol–water partition coefficient (Wildman–Crippen LogP) is 1.57. The van der Waals surface area contributed by atoms with Gasteiger partial charge in [0.1, 0.15) is 11.6 Å². The maximum absolute atomic E-state index is 13.7. The van der Waals surface area contributed by atoms with Gasteiger partial charge >= 0.3 is 6.03 Å². The van der Waals surface area contributed by atoms with Crippen LogP contribution in [0.4, 0.5) is 19.3 Å². The second kappa shape index (κ2) is 8.75. The molecular weight excluding hydrogens is 342 g/mol. The molecule has 0 aliphatic carbocycles. The number of likely N-dealkylation sites (tertiary alicyclic amines) is 1. The molecule has 2 amide bonds. The molecule has 8 heteroatoms. The Hall–Kier alpha value is -1.77. The lowest BCUT2D eigenvalue weighted by molar-refractivity contribution is 0.0598. The predicted molar refractivity (Wildman–Crippen MR) is 95.1 cm³/mol. The zero-order chi connectivity index (χ0) is 18.5. The van der Waals surface area contributed by atoms with Crippen molar-refractivity contribution in [3.8, 4) is 0 Å². The molecule has 1 aromatic carbocycles. The first-order valence-electron chi connectivity index (χ1n) is 9.15. The summed E-state index contributed by atoms with van der Waals surface area (Å²) in [6.07, 6.45) is 1.75. The number of nitrogens with zero attached hydrogens (tertiary/aromatic N) is 3. The van der Waals surface area contributed by atoms with Gasteiger partial charge in [0.15, 0.2) is 0 Å². The summed E-state index contributed by atoms with van der Waals surface area (Å²) in [6.45, 7) is 5.99. The summed E-state index contributed by atoms with van der Waals surface area (Å²) in [5, 5.41) is 11.5. The van der Waals surface area contributed by atoms with Crippen molar-refractivity contribution in [2.45, 2.75) is 18.9 Å². The van der Waals surface area contributed by atoms with Crippen LogP contribution in [0.3, 0.4) is 0 Å². The van der Waals surface area contributed by atoms with Crippen LogP contribution in [0.1, 0.15) is 12.8 Å². The molecule has 0 unspecified atom stereocenters. The second-order valence-electron chi connectivity index (χ2n) is 6.87. The van der Waals surface area contributed by atoms with Crippen molar-refractivity contribution >= 4 is 11.7 Å². The number of rotatable bonds is 4. The zero-order valence-electron chi connectivity index (χ0n) is 14.8. The fraction of sp³-hybridized carbons (Fsp3) is 0.611. The average Bonchev–Trinajstić information content (AvgIpc) is 2.66. The number of aliphatic hydroxyl groups excluding tert-OH is 1. The molecule has 2 heterocycles. The van der Waals surface area contributed by atoms with Gasteiger partial charge in [-0.05, 0) is 25.0 Å². The van der Waals surface area contributed by atoms with Crippen molar-refractivity contribution in [1.29, 1.82) is 0 Å². The van der Waals surface area contributed by atoms with Crippen LogP contribution in [-0.4, -0.2) is 84.3 Å². The van der Waals surface area contributed by atoms with Gasteiger partial charge in [-0.25, -0.2) is 13.6 Å². The molecule has 2 aliphatic heterocycles. The quantitative estimate of drug-likeness (QED) is 0.847. The van der Waals surface area contributed by atoms with Crippen molar-refractivity contribution in [3.63, 3.8) is 0 Å². The maximum atomic E-state index is 13.7. The van der Waals surface area contributed by atoms with Crippen LogP contribution in [-0.2, 0) is 0 Å². The van der Waals surface area contributed by atoms with E-state index in [1.807, 2.05) is 0 Å². The van der Waals surface area contributed by atoms with Crippen LogP contribution in [0.15, 0.2) is 18.2 Å². The minimum Gasteiger partial charge on any atom is -0.395 e. The summed E-state index contributed by atoms with van der Waals surface area (Å²) in [4.78, 5) is 18.7. The summed E-state index contributed by atoms with van der Waals surface area (Å²) in [6, 6.07) is 3.08. The first kappa shape index (κ1) is 19.0. The number of piperazine rings is 1. The molecule has 1 aromatic rings. The van der Waals surface area contributed by atoms with Gasteiger partial charge in [0, 0.05) is 57.9 Å². The third kappa shape index (κ3) is 4.69. The highest BCUT2D eigenvalue weighted by atomic mass is 19.1. The van der Waals surface area contributed by atoms with Crippen molar-refractivity contribution in [3.05, 3.63) is 29.8 Å². The van der Waals surface area contributed by atoms with E-state index in [0.717, 1.165) is 63.8 Å². The van der Waals surface area contributed by atoms with Crippen molar-refractivity contribution in [2.75, 3.05) is 57.7 Å². The van der Waals surface area contributed by atoms with Crippen LogP contribution < -0.4 is 5.32 Å². The van der Waals surface area contributed by atoms with Gasteiger partial charge in [0.25, 0.3) is 0 Å². The number of amides is 2. The van der Waals surface area contributed by atoms with E-state index >= 15 is 0 Å². The van der Waals surface area contributed by atoms with Gasteiger partial charge < -0.3 is 15.3 Å². The van der Waals surface area contributed by atoms with Crippen molar-refractivity contribution in [1.82, 2.24) is 14.7 Å². The lowest BCUT2D eigenvalue weighted by Gasteiger charge is -2.42. The monoisotopic (exact) mass is 368 g/mol. The fourth-order valence-electron chi connectivity index (χ4n) is 3.72. The highest BCUT2D eigenvalue weighted by Gasteiger charge is 2.29. The Morgan fingerprint density at radius 3 is 2.46 bits per heavy atom. The number of urea groups is 1. The number of piperidine rings is 1. The molecule has 2 fully saturated rings. The van der Waals surface area contributed by atoms with Crippen LogP contribution in [0, 0.1) is 11.6 Å². The van der Waals surface area contributed by atoms with E-state index in [4.69, 9.17) is 5.11 Å². The van der Waals surface area contributed by atoms with E-state index in [-0.39, 0.29) is 18.3 Å². The van der Waals surface area contributed by atoms with E-state index in [1.165, 1.54) is 0 Å². The molecule has 6 nitrogen and oxygen atoms in total. The Morgan fingerprint density at radius 1 is 1.12 bits per heavy atom. The first-order valence-corrected chi connectivity index (χ1v) is 9.15. The average molecular weight is 368 g/mol. The van der Waals surface area contributed by atoms with Gasteiger partial charge in [0.05, 0.1) is 12.3 Å². The van der Waals surface area contributed by atoms with Crippen LogP contribution in [0.2, 0.25) is 0 Å². The highest BCUT2D eigenvalue weighted by Crippen LogP contribution is 2.20. The highest BCUT2D eigenvalue weighted by molar-refractivity contribution is 5.89. The smallest absolute Gasteiger partial charge is 0.321 e. The molecule has 0 bridgehead atoms. The molecule has 0 saturated carbocycles. The number of nitrogens with one attached hydrogen (secondary N) is 1. The van der Waals surface area contributed by atoms with Gasteiger partial charge in [-0.3, -0.25) is 9.80 Å². The Labute approximate surface area is 152 Å². The standard InChI is InChI=1S/C18H26F2N4O2/c19-14-1-2-16(20)17(13-14)21-18(26)24-5-3-15(4-6-24)23-9-7-22(8-10-23)11-12-25/h1-2,13,15,25H,3-12H2,(H,21,26). The van der Waals surface area contributed by atoms with E-state index < -0.39 is 11.6 Å². The number of β-amino-alcohol motifs (C(OH)–C–C–N with tert-alkyl or cyclic N) is 1. The van der Waals surface area contributed by atoms with Gasteiger partial charge in [-0.1, -0.05) is 0 Å². The Morgan fingerprint density at radius 2 is 1.81 bits per heavy atom. The van der Waals surface area contributed by atoms with E-state index in [9.17, 15) is 13.6 Å². The summed E-state index contributed by atoms with van der Waals surface area (Å²) < 4.78 is 26.9. The van der Waals surface area contributed by atoms with Crippen LogP contribution in [0.25, 0.3) is 0 Å². The molecule has 0 atom stereocenters. The molecular formula is C18H26F2N4O2. The Balaban J connectivity index is 1.46. The number of benzene rings is 1. The molecule has 2 N–H and O–H groups in total. The number of carbonyl (C=O) groups excluding carboxylic acids is 1. The molecule has 2 aliphatic rings. The van der Waals surface area contributed by atoms with Gasteiger partial charge in [-0.2, -0.15) is 0 Å². The summed E-state index contributed by atoms with van der Waals surface area (Å²) in [5.74, 6) is -1.23. The lowest BCUT2D eigenvalue weighted by atomic mass is 10.0. The van der Waals surface area contributed by atoms with Crippen LogP contribution in [0.5, 0.6) is 0 Å².